The second-order valence-electron chi connectivity index (χ2n) is 13.2. The summed E-state index contributed by atoms with van der Waals surface area (Å²) in [5.41, 5.74) is -1.33. The van der Waals surface area contributed by atoms with Crippen molar-refractivity contribution < 1.29 is 61.2 Å². The van der Waals surface area contributed by atoms with E-state index in [9.17, 15) is 51.0 Å². The van der Waals surface area contributed by atoms with E-state index in [-0.39, 0.29) is 61.0 Å². The molecule has 0 spiro atoms. The molecule has 5 rings (SSSR count). The van der Waals surface area contributed by atoms with Gasteiger partial charge in [0.1, 0.15) is 36.0 Å². The predicted octanol–water partition coefficient (Wildman–Crippen LogP) is 4.61. The van der Waals surface area contributed by atoms with Crippen LogP contribution in [0, 0.1) is 18.6 Å². The van der Waals surface area contributed by atoms with Gasteiger partial charge in [-0.2, -0.15) is 13.5 Å². The first-order valence-electron chi connectivity index (χ1n) is 18.2. The molecule has 2 unspecified atom stereocenters. The monoisotopic (exact) mass is 1050 g/mol. The van der Waals surface area contributed by atoms with Crippen molar-refractivity contribution in [3.63, 3.8) is 0 Å². The maximum atomic E-state index is 14.2. The fourth-order valence-electron chi connectivity index (χ4n) is 4.95. The van der Waals surface area contributed by atoms with E-state index in [4.69, 9.17) is 54.6 Å². The van der Waals surface area contributed by atoms with Gasteiger partial charge in [0.2, 0.25) is 4.80 Å². The lowest BCUT2D eigenvalue weighted by Crippen LogP contribution is -2.31. The van der Waals surface area contributed by atoms with Crippen molar-refractivity contribution in [2.75, 3.05) is 44.0 Å². The molecule has 2 atom stereocenters. The second-order valence-corrected chi connectivity index (χ2v) is 20.5. The third kappa shape index (κ3) is 18.3. The van der Waals surface area contributed by atoms with E-state index in [1.807, 2.05) is 5.32 Å². The van der Waals surface area contributed by atoms with Crippen molar-refractivity contribution in [3.05, 3.63) is 82.3 Å². The summed E-state index contributed by atoms with van der Waals surface area (Å²) >= 11 is 19.8. The van der Waals surface area contributed by atoms with Crippen LogP contribution in [0.2, 0.25) is 10.0 Å². The Balaban J connectivity index is 0.000000342. The van der Waals surface area contributed by atoms with E-state index in [2.05, 4.69) is 28.9 Å². The number of thioether (sulfide) groups is 1. The number of alkyl halides is 3. The van der Waals surface area contributed by atoms with Crippen molar-refractivity contribution in [3.8, 4) is 5.69 Å². The Morgan fingerprint density at radius 2 is 1.64 bits per heavy atom. The number of ether oxygens (including phenoxy) is 1. The van der Waals surface area contributed by atoms with Gasteiger partial charge < -0.3 is 29.3 Å². The van der Waals surface area contributed by atoms with Crippen molar-refractivity contribution >= 4 is 100.0 Å². The molecule has 0 saturated carbocycles. The molecule has 0 saturated heterocycles. The minimum atomic E-state index is -4.35. The number of esters is 1. The van der Waals surface area contributed by atoms with Crippen molar-refractivity contribution in [1.82, 2.24) is 29.0 Å². The number of hydrogen-bond acceptors (Lipinski definition) is 13. The number of nitrogens with one attached hydrogen (secondary N) is 1. The fraction of sp³-hybridized carbons (Fsp3) is 0.457. The Morgan fingerprint density at radius 1 is 1.05 bits per heavy atom. The van der Waals surface area contributed by atoms with Gasteiger partial charge in [-0.1, -0.05) is 23.2 Å². The van der Waals surface area contributed by atoms with Crippen molar-refractivity contribution in [1.29, 1.82) is 0 Å². The first kappa shape index (κ1) is 56.5. The highest BCUT2D eigenvalue weighted by Crippen LogP contribution is 2.33. The molecule has 29 heteroatoms. The standard InChI is InChI=1S/C15H14Cl2F3N3O3.C14H13ClFN3O3S2.C3H8NO5P.C3H9S/c1-3-26-13(24)10(17)4-8-5-12(11(18)6-9(8)16)23-15(25)22(14(19)20)7(2)21-23;15-8-5-9(16)10(6-11(8)23-7-12(20)21)17-13-18-3-1-2-4-19(18)14(22)24-13;5-3(6)1-4-2-10(7,8)9;1-4(2)3/h5-6,10,14H,3-4H2,1-2H3;5-6H,1-4,7H2,(H,20,21);4H,1-2H2,(H,5,6)(H2,7,8,9);1-3H3/q;;;+1/p-1. The largest absolute Gasteiger partial charge is 0.778 e. The van der Waals surface area contributed by atoms with Gasteiger partial charge in [0, 0.05) is 29.4 Å². The number of aliphatic carboxylic acids is 2. The highest BCUT2D eigenvalue weighted by molar-refractivity contribution is 8.00. The van der Waals surface area contributed by atoms with E-state index in [0.29, 0.717) is 38.4 Å². The third-order valence-corrected chi connectivity index (χ3v) is 11.2. The van der Waals surface area contributed by atoms with Gasteiger partial charge in [-0.3, -0.25) is 29.2 Å². The first-order valence-corrected chi connectivity index (χ1v) is 25.4. The van der Waals surface area contributed by atoms with Crippen LogP contribution in [-0.2, 0) is 54.1 Å². The number of carbonyl (C=O) groups is 3. The van der Waals surface area contributed by atoms with E-state index in [1.165, 1.54) is 13.0 Å². The van der Waals surface area contributed by atoms with E-state index in [0.717, 1.165) is 54.1 Å². The molecular formula is C35H43Cl3F4N7O11PS3. The lowest BCUT2D eigenvalue weighted by Gasteiger charge is -2.15. The summed E-state index contributed by atoms with van der Waals surface area (Å²) in [5, 5.41) is 21.4. The average Bonchev–Trinajstić information content (AvgIpc) is 3.66. The van der Waals surface area contributed by atoms with Gasteiger partial charge in [0.05, 0.1) is 49.0 Å². The molecule has 2 aromatic carbocycles. The molecule has 356 valence electrons. The summed E-state index contributed by atoms with van der Waals surface area (Å²) < 4.78 is 73.0. The van der Waals surface area contributed by atoms with Gasteiger partial charge in [-0.15, -0.1) is 28.5 Å². The topological polar surface area (TPSA) is 252 Å². The first-order chi connectivity index (χ1) is 29.8. The Bertz CT molecular complexity index is 2500. The minimum absolute atomic E-state index is 0.0370. The number of fused-ring (bicyclic) bond motifs is 1. The van der Waals surface area contributed by atoms with Crippen LogP contribution >= 0.6 is 65.5 Å². The molecule has 0 fully saturated rings. The fourth-order valence-corrected chi connectivity index (χ4v) is 7.67. The Hall–Kier alpha value is -3.65. The molecule has 0 radical (unpaired) electrons. The van der Waals surface area contributed by atoms with Gasteiger partial charge in [-0.25, -0.2) is 27.8 Å². The Morgan fingerprint density at radius 3 is 2.17 bits per heavy atom. The van der Waals surface area contributed by atoms with Crippen LogP contribution in [0.4, 0.5) is 23.2 Å². The number of aromatic nitrogens is 5. The molecule has 64 heavy (non-hydrogen) atoms. The van der Waals surface area contributed by atoms with Crippen LogP contribution in [-0.4, -0.2) is 106 Å². The summed E-state index contributed by atoms with van der Waals surface area (Å²) in [6.07, 6.45) is 7.63. The zero-order valence-electron chi connectivity index (χ0n) is 34.4. The normalized spacial score (nSPS) is 13.7. The van der Waals surface area contributed by atoms with Crippen molar-refractivity contribution in [2.45, 2.75) is 63.0 Å². The molecule has 2 aromatic heterocycles. The maximum absolute atomic E-state index is 14.2. The summed E-state index contributed by atoms with van der Waals surface area (Å²) in [4.78, 5) is 79.1. The van der Waals surface area contributed by atoms with Gasteiger partial charge in [0.25, 0.3) is 0 Å². The Labute approximate surface area is 388 Å². The van der Waals surface area contributed by atoms with E-state index >= 15 is 0 Å². The summed E-state index contributed by atoms with van der Waals surface area (Å²) in [6.45, 7) is 0.618. The number of benzene rings is 2. The lowest BCUT2D eigenvalue weighted by molar-refractivity contribution is -0.193. The molecule has 4 aromatic rings. The molecular weight excluding hydrogens is 1000 g/mol. The highest BCUT2D eigenvalue weighted by atomic mass is 35.5. The van der Waals surface area contributed by atoms with Crippen LogP contribution in [0.5, 0.6) is 0 Å². The SMILES string of the molecule is CCOC(=O)C(Cl)Cc1cc(-n2nc(C)n(C(F)F)c2=O)c(F)cc1Cl.C[S+](C)C.O=C(O)CNCP(=O)([O-])O.O=C(O)CSc1cc(N=c2sc(=O)n3n2CCCC3)c(F)cc1Cl. The molecule has 0 amide bonds. The van der Waals surface area contributed by atoms with E-state index < -0.39 is 67.6 Å². The van der Waals surface area contributed by atoms with Crippen LogP contribution < -0.4 is 25.6 Å². The van der Waals surface area contributed by atoms with Gasteiger partial charge >= 0.3 is 35.0 Å². The number of carboxylic acids is 2. The van der Waals surface area contributed by atoms with Crippen LogP contribution in [0.15, 0.2) is 43.7 Å². The number of rotatable bonds is 14. The van der Waals surface area contributed by atoms with Crippen molar-refractivity contribution in [2.24, 2.45) is 4.99 Å². The number of carboxylic acid groups (broad SMARTS) is 2. The van der Waals surface area contributed by atoms with E-state index in [1.54, 1.807) is 16.3 Å². The lowest BCUT2D eigenvalue weighted by atomic mass is 10.1. The number of hydrogen-bond donors (Lipinski definition) is 4. The number of aryl methyl sites for hydroxylation is 1. The highest BCUT2D eigenvalue weighted by Gasteiger charge is 2.24. The molecule has 0 bridgehead atoms. The number of carbonyl (C=O) groups excluding carboxylic acids is 1. The molecule has 3 heterocycles. The smallest absolute Gasteiger partial charge is 0.355 e. The third-order valence-electron chi connectivity index (χ3n) is 7.51. The zero-order valence-corrected chi connectivity index (χ0v) is 40.0. The maximum Gasteiger partial charge on any atom is 0.355 e. The predicted molar refractivity (Wildman–Crippen MR) is 235 cm³/mol. The van der Waals surface area contributed by atoms with Crippen LogP contribution in [0.25, 0.3) is 5.69 Å². The average molecular weight is 1050 g/mol. The molecule has 4 N–H and O–H groups in total. The van der Waals surface area contributed by atoms with Crippen LogP contribution in [0.1, 0.15) is 37.7 Å². The number of halogens is 7. The summed E-state index contributed by atoms with van der Waals surface area (Å²) in [6, 6.07) is 4.55. The molecule has 18 nitrogen and oxygen atoms in total. The summed E-state index contributed by atoms with van der Waals surface area (Å²) in [5.74, 6) is -4.89. The number of nitrogens with zero attached hydrogens (tertiary/aromatic N) is 6. The van der Waals surface area contributed by atoms with Gasteiger partial charge in [-0.05, 0) is 78.7 Å². The molecule has 1 aliphatic heterocycles. The minimum Gasteiger partial charge on any atom is -0.778 e. The van der Waals surface area contributed by atoms with Gasteiger partial charge in [0.15, 0.2) is 5.82 Å². The quantitative estimate of drug-likeness (QED) is 0.0336. The second kappa shape index (κ2) is 26.5. The molecule has 1 aliphatic rings. The Kier molecular flexibility index (Phi) is 23.4. The van der Waals surface area contributed by atoms with Crippen LogP contribution in [0.3, 0.4) is 0 Å². The molecule has 0 aliphatic carbocycles. The summed E-state index contributed by atoms with van der Waals surface area (Å²) in [7, 11) is -3.71. The zero-order chi connectivity index (χ0) is 48.6.